The van der Waals surface area contributed by atoms with E-state index in [1.807, 2.05) is 30.5 Å². The van der Waals surface area contributed by atoms with Crippen molar-refractivity contribution in [2.45, 2.75) is 0 Å². The normalized spacial score (nSPS) is 17.2. The van der Waals surface area contributed by atoms with E-state index in [-0.39, 0.29) is 5.91 Å². The lowest BCUT2D eigenvalue weighted by Crippen LogP contribution is -2.41. The number of rotatable bonds is 1. The average molecular weight is 262 g/mol. The second-order valence-corrected chi connectivity index (χ2v) is 6.12. The molecule has 2 aromatic rings. The van der Waals surface area contributed by atoms with Gasteiger partial charge < -0.3 is 9.88 Å². The first-order valence-corrected chi connectivity index (χ1v) is 7.44. The van der Waals surface area contributed by atoms with Crippen LogP contribution in [-0.4, -0.2) is 44.6 Å². The van der Waals surface area contributed by atoms with Crippen molar-refractivity contribution in [2.24, 2.45) is 0 Å². The van der Waals surface area contributed by atoms with Crippen LogP contribution in [0.5, 0.6) is 0 Å². The maximum Gasteiger partial charge on any atom is 0.253 e. The van der Waals surface area contributed by atoms with E-state index in [0.29, 0.717) is 30.2 Å². The van der Waals surface area contributed by atoms with Crippen LogP contribution in [0.3, 0.4) is 0 Å². The summed E-state index contributed by atoms with van der Waals surface area (Å²) >= 11 is 0. The SMILES string of the molecule is O=C(c1ccc2[nH]ccc2c1)N1CCS(=O)CC1. The van der Waals surface area contributed by atoms with Crippen LogP contribution >= 0.6 is 0 Å². The fraction of sp³-hybridized carbons (Fsp3) is 0.308. The molecule has 0 saturated carbocycles. The molecule has 3 rings (SSSR count). The number of hydrogen-bond acceptors (Lipinski definition) is 2. The minimum absolute atomic E-state index is 0.0369. The smallest absolute Gasteiger partial charge is 0.253 e. The fourth-order valence-corrected chi connectivity index (χ4v) is 3.26. The lowest BCUT2D eigenvalue weighted by molar-refractivity contribution is 0.0771. The Bertz CT molecular complexity index is 610. The molecule has 1 N–H and O–H groups in total. The molecule has 1 amide bonds. The van der Waals surface area contributed by atoms with E-state index in [1.165, 1.54) is 0 Å². The standard InChI is InChI=1S/C13H14N2O2S/c16-13(15-5-7-18(17)8-6-15)11-1-2-12-10(9-11)3-4-14-12/h1-4,9,14H,5-8H2. The molecule has 18 heavy (non-hydrogen) atoms. The Morgan fingerprint density at radius 1 is 1.22 bits per heavy atom. The Morgan fingerprint density at radius 2 is 2.00 bits per heavy atom. The number of benzene rings is 1. The van der Waals surface area contributed by atoms with E-state index < -0.39 is 10.8 Å². The second-order valence-electron chi connectivity index (χ2n) is 4.42. The number of hydrogen-bond donors (Lipinski definition) is 1. The maximum atomic E-state index is 12.3. The summed E-state index contributed by atoms with van der Waals surface area (Å²) in [6, 6.07) is 7.62. The molecule has 0 radical (unpaired) electrons. The summed E-state index contributed by atoms with van der Waals surface area (Å²) in [5.41, 5.74) is 1.74. The van der Waals surface area contributed by atoms with Crippen molar-refractivity contribution in [1.82, 2.24) is 9.88 Å². The average Bonchev–Trinajstić information content (AvgIpc) is 2.86. The third kappa shape index (κ3) is 2.06. The largest absolute Gasteiger partial charge is 0.361 e. The molecule has 2 heterocycles. The number of carbonyl (C=O) groups excluding carboxylic acids is 1. The van der Waals surface area contributed by atoms with Crippen molar-refractivity contribution in [2.75, 3.05) is 24.6 Å². The highest BCUT2D eigenvalue weighted by molar-refractivity contribution is 7.85. The molecule has 94 valence electrons. The van der Waals surface area contributed by atoms with Crippen molar-refractivity contribution >= 4 is 27.6 Å². The molecule has 1 aliphatic rings. The summed E-state index contributed by atoms with van der Waals surface area (Å²) in [6.45, 7) is 1.19. The Hall–Kier alpha value is -1.62. The summed E-state index contributed by atoms with van der Waals surface area (Å²) in [4.78, 5) is 17.2. The lowest BCUT2D eigenvalue weighted by Gasteiger charge is -2.26. The number of H-pyrrole nitrogens is 1. The van der Waals surface area contributed by atoms with Crippen LogP contribution in [0.2, 0.25) is 0 Å². The van der Waals surface area contributed by atoms with Crippen LogP contribution in [0.25, 0.3) is 10.9 Å². The Morgan fingerprint density at radius 3 is 2.78 bits per heavy atom. The first-order chi connectivity index (χ1) is 8.74. The van der Waals surface area contributed by atoms with Crippen LogP contribution in [-0.2, 0) is 10.8 Å². The summed E-state index contributed by atoms with van der Waals surface area (Å²) in [7, 11) is -0.749. The van der Waals surface area contributed by atoms with E-state index in [1.54, 1.807) is 4.90 Å². The first-order valence-electron chi connectivity index (χ1n) is 5.95. The van der Waals surface area contributed by atoms with Crippen LogP contribution in [0.4, 0.5) is 0 Å². The molecule has 1 saturated heterocycles. The molecule has 0 atom stereocenters. The molecule has 1 aromatic carbocycles. The monoisotopic (exact) mass is 262 g/mol. The molecule has 4 nitrogen and oxygen atoms in total. The van der Waals surface area contributed by atoms with Gasteiger partial charge in [-0.25, -0.2) is 0 Å². The molecule has 0 unspecified atom stereocenters. The molecule has 1 aromatic heterocycles. The van der Waals surface area contributed by atoms with E-state index in [4.69, 9.17) is 0 Å². The second kappa shape index (κ2) is 4.57. The van der Waals surface area contributed by atoms with Crippen molar-refractivity contribution in [1.29, 1.82) is 0 Å². The van der Waals surface area contributed by atoms with E-state index >= 15 is 0 Å². The zero-order chi connectivity index (χ0) is 12.5. The highest BCUT2D eigenvalue weighted by Crippen LogP contribution is 2.16. The van der Waals surface area contributed by atoms with Gasteiger partial charge in [-0.3, -0.25) is 9.00 Å². The minimum atomic E-state index is -0.749. The van der Waals surface area contributed by atoms with E-state index in [2.05, 4.69) is 4.98 Å². The molecular weight excluding hydrogens is 248 g/mol. The Labute approximate surface area is 107 Å². The van der Waals surface area contributed by atoms with Crippen molar-refractivity contribution in [3.8, 4) is 0 Å². The van der Waals surface area contributed by atoms with Gasteiger partial charge in [-0.05, 0) is 24.3 Å². The van der Waals surface area contributed by atoms with Gasteiger partial charge in [-0.1, -0.05) is 0 Å². The number of aromatic nitrogens is 1. The third-order valence-electron chi connectivity index (χ3n) is 3.27. The van der Waals surface area contributed by atoms with Gasteiger partial charge in [0.05, 0.1) is 0 Å². The van der Waals surface area contributed by atoms with Gasteiger partial charge in [-0.2, -0.15) is 0 Å². The number of carbonyl (C=O) groups is 1. The maximum absolute atomic E-state index is 12.3. The van der Waals surface area contributed by atoms with Crippen molar-refractivity contribution in [3.63, 3.8) is 0 Å². The predicted octanol–water partition coefficient (Wildman–Crippen LogP) is 1.37. The highest BCUT2D eigenvalue weighted by Gasteiger charge is 2.21. The number of amides is 1. The van der Waals surface area contributed by atoms with Gasteiger partial charge in [0.25, 0.3) is 5.91 Å². The van der Waals surface area contributed by atoms with Gasteiger partial charge in [-0.15, -0.1) is 0 Å². The third-order valence-corrected chi connectivity index (χ3v) is 4.54. The van der Waals surface area contributed by atoms with E-state index in [0.717, 1.165) is 10.9 Å². The number of aromatic amines is 1. The molecular formula is C13H14N2O2S. The van der Waals surface area contributed by atoms with Gasteiger partial charge in [0.1, 0.15) is 0 Å². The fourth-order valence-electron chi connectivity index (χ4n) is 2.21. The lowest BCUT2D eigenvalue weighted by atomic mass is 10.1. The van der Waals surface area contributed by atoms with Gasteiger partial charge >= 0.3 is 0 Å². The molecule has 1 aliphatic heterocycles. The summed E-state index contributed by atoms with van der Waals surface area (Å²) in [5, 5.41) is 1.04. The first kappa shape index (κ1) is 11.5. The van der Waals surface area contributed by atoms with Gasteiger partial charge in [0.2, 0.25) is 0 Å². The predicted molar refractivity (Wildman–Crippen MR) is 72.1 cm³/mol. The highest BCUT2D eigenvalue weighted by atomic mass is 32.2. The Kier molecular flexibility index (Phi) is 2.91. The summed E-state index contributed by atoms with van der Waals surface area (Å²) in [6.07, 6.45) is 1.86. The minimum Gasteiger partial charge on any atom is -0.361 e. The molecule has 0 bridgehead atoms. The zero-order valence-electron chi connectivity index (χ0n) is 9.89. The molecule has 0 spiro atoms. The molecule has 5 heteroatoms. The van der Waals surface area contributed by atoms with Crippen molar-refractivity contribution in [3.05, 3.63) is 36.0 Å². The summed E-state index contributed by atoms with van der Waals surface area (Å²) in [5.74, 6) is 1.23. The number of fused-ring (bicyclic) bond motifs is 1. The van der Waals surface area contributed by atoms with Gasteiger partial charge in [0, 0.05) is 58.1 Å². The summed E-state index contributed by atoms with van der Waals surface area (Å²) < 4.78 is 11.3. The molecule has 1 fully saturated rings. The zero-order valence-corrected chi connectivity index (χ0v) is 10.7. The van der Waals surface area contributed by atoms with E-state index in [9.17, 15) is 9.00 Å². The quantitative estimate of drug-likeness (QED) is 0.844. The topological polar surface area (TPSA) is 53.2 Å². The molecule has 0 aliphatic carbocycles. The van der Waals surface area contributed by atoms with Crippen molar-refractivity contribution < 1.29 is 9.00 Å². The van der Waals surface area contributed by atoms with Gasteiger partial charge in [0.15, 0.2) is 0 Å². The van der Waals surface area contributed by atoms with Crippen LogP contribution in [0.15, 0.2) is 30.5 Å². The number of nitrogens with zero attached hydrogens (tertiary/aromatic N) is 1. The van der Waals surface area contributed by atoms with Crippen LogP contribution in [0.1, 0.15) is 10.4 Å². The number of nitrogens with one attached hydrogen (secondary N) is 1. The van der Waals surface area contributed by atoms with Crippen LogP contribution in [0, 0.1) is 0 Å². The Balaban J connectivity index is 1.84. The van der Waals surface area contributed by atoms with Crippen LogP contribution < -0.4 is 0 Å².